The summed E-state index contributed by atoms with van der Waals surface area (Å²) < 4.78 is 5.59. The van der Waals surface area contributed by atoms with Crippen molar-refractivity contribution in [3.8, 4) is 0 Å². The van der Waals surface area contributed by atoms with Crippen molar-refractivity contribution in [3.63, 3.8) is 0 Å². The van der Waals surface area contributed by atoms with E-state index in [9.17, 15) is 0 Å². The lowest BCUT2D eigenvalue weighted by Crippen LogP contribution is -2.43. The fraction of sp³-hybridized carbons (Fsp3) is 1.00. The fourth-order valence-corrected chi connectivity index (χ4v) is 2.20. The summed E-state index contributed by atoms with van der Waals surface area (Å²) in [5.41, 5.74) is 0. The summed E-state index contributed by atoms with van der Waals surface area (Å²) in [5, 5.41) is 3.59. The Morgan fingerprint density at radius 2 is 2.12 bits per heavy atom. The predicted molar refractivity (Wildman–Crippen MR) is 68.8 cm³/mol. The number of nitrogens with one attached hydrogen (secondary N) is 1. The van der Waals surface area contributed by atoms with Gasteiger partial charge in [0.25, 0.3) is 0 Å². The van der Waals surface area contributed by atoms with Crippen LogP contribution in [0, 0.1) is 5.92 Å². The van der Waals surface area contributed by atoms with Crippen LogP contribution in [0.15, 0.2) is 0 Å². The number of nitrogens with zero attached hydrogens (tertiary/aromatic N) is 1. The monoisotopic (exact) mass is 228 g/mol. The van der Waals surface area contributed by atoms with Gasteiger partial charge in [-0.2, -0.15) is 0 Å². The van der Waals surface area contributed by atoms with Crippen LogP contribution in [0.4, 0.5) is 0 Å². The van der Waals surface area contributed by atoms with Crippen molar-refractivity contribution in [1.29, 1.82) is 0 Å². The molecule has 1 N–H and O–H groups in total. The Morgan fingerprint density at radius 3 is 2.75 bits per heavy atom. The second-order valence-electron chi connectivity index (χ2n) is 5.05. The molecular weight excluding hydrogens is 200 g/mol. The van der Waals surface area contributed by atoms with E-state index in [-0.39, 0.29) is 0 Å². The summed E-state index contributed by atoms with van der Waals surface area (Å²) in [7, 11) is 2.23. The zero-order valence-corrected chi connectivity index (χ0v) is 11.3. The molecule has 3 nitrogen and oxygen atoms in total. The van der Waals surface area contributed by atoms with Crippen molar-refractivity contribution < 1.29 is 4.74 Å². The summed E-state index contributed by atoms with van der Waals surface area (Å²) in [6, 6.07) is 1.24. The molecule has 1 aliphatic heterocycles. The van der Waals surface area contributed by atoms with E-state index in [0.29, 0.717) is 18.0 Å². The molecule has 96 valence electrons. The largest absolute Gasteiger partial charge is 0.379 e. The van der Waals surface area contributed by atoms with Crippen molar-refractivity contribution in [3.05, 3.63) is 0 Å². The maximum atomic E-state index is 5.59. The number of hydrogen-bond acceptors (Lipinski definition) is 3. The van der Waals surface area contributed by atoms with Crippen LogP contribution in [0.3, 0.4) is 0 Å². The molecule has 1 saturated heterocycles. The Bertz CT molecular complexity index is 187. The first-order chi connectivity index (χ1) is 7.69. The summed E-state index contributed by atoms with van der Waals surface area (Å²) in [6.07, 6.45) is 2.42. The Labute approximate surface area is 101 Å². The van der Waals surface area contributed by atoms with Crippen molar-refractivity contribution in [1.82, 2.24) is 10.2 Å². The molecule has 1 heterocycles. The highest BCUT2D eigenvalue weighted by atomic mass is 16.5. The first-order valence-corrected chi connectivity index (χ1v) is 6.70. The Morgan fingerprint density at radius 1 is 1.38 bits per heavy atom. The molecule has 0 aromatic rings. The highest BCUT2D eigenvalue weighted by Crippen LogP contribution is 2.16. The van der Waals surface area contributed by atoms with Gasteiger partial charge in [-0.05, 0) is 33.4 Å². The lowest BCUT2D eigenvalue weighted by atomic mass is 10.0. The molecule has 0 amide bonds. The summed E-state index contributed by atoms with van der Waals surface area (Å²) >= 11 is 0. The molecule has 3 heteroatoms. The van der Waals surface area contributed by atoms with E-state index in [2.05, 4.69) is 38.0 Å². The number of hydrogen-bond donors (Lipinski definition) is 1. The fourth-order valence-electron chi connectivity index (χ4n) is 2.20. The van der Waals surface area contributed by atoms with E-state index in [1.165, 1.54) is 12.8 Å². The molecule has 0 bridgehead atoms. The third-order valence-corrected chi connectivity index (χ3v) is 3.72. The molecule has 3 unspecified atom stereocenters. The van der Waals surface area contributed by atoms with Crippen LogP contribution >= 0.6 is 0 Å². The zero-order valence-electron chi connectivity index (χ0n) is 11.3. The standard InChI is InChI=1S/C13H28N2O/c1-5-7-14-13-10-16-9-12(13)8-15(4)11(3)6-2/h11-14H,5-10H2,1-4H3. The van der Waals surface area contributed by atoms with Crippen LogP contribution in [0.25, 0.3) is 0 Å². The second-order valence-corrected chi connectivity index (χ2v) is 5.05. The average molecular weight is 228 g/mol. The molecule has 1 aliphatic rings. The van der Waals surface area contributed by atoms with Gasteiger partial charge in [0.15, 0.2) is 0 Å². The normalized spacial score (nSPS) is 27.6. The van der Waals surface area contributed by atoms with Gasteiger partial charge in [-0.1, -0.05) is 13.8 Å². The minimum absolute atomic E-state index is 0.562. The summed E-state index contributed by atoms with van der Waals surface area (Å²) in [6.45, 7) is 10.8. The third-order valence-electron chi connectivity index (χ3n) is 3.72. The van der Waals surface area contributed by atoms with Gasteiger partial charge >= 0.3 is 0 Å². The van der Waals surface area contributed by atoms with E-state index in [4.69, 9.17) is 4.74 Å². The minimum Gasteiger partial charge on any atom is -0.379 e. The molecule has 0 radical (unpaired) electrons. The maximum Gasteiger partial charge on any atom is 0.0623 e. The number of ether oxygens (including phenoxy) is 1. The lowest BCUT2D eigenvalue weighted by Gasteiger charge is -2.28. The Kier molecular flexibility index (Phi) is 6.32. The third kappa shape index (κ3) is 4.04. The van der Waals surface area contributed by atoms with E-state index in [0.717, 1.165) is 26.3 Å². The topological polar surface area (TPSA) is 24.5 Å². The molecule has 1 rings (SSSR count). The molecule has 0 aromatic carbocycles. The molecule has 1 fully saturated rings. The Hall–Kier alpha value is -0.120. The van der Waals surface area contributed by atoms with Crippen LogP contribution in [0.5, 0.6) is 0 Å². The first kappa shape index (κ1) is 13.9. The molecule has 3 atom stereocenters. The number of rotatable bonds is 7. The predicted octanol–water partition coefficient (Wildman–Crippen LogP) is 1.73. The smallest absolute Gasteiger partial charge is 0.0623 e. The molecule has 16 heavy (non-hydrogen) atoms. The maximum absolute atomic E-state index is 5.59. The van der Waals surface area contributed by atoms with Gasteiger partial charge in [0, 0.05) is 24.5 Å². The molecule has 0 saturated carbocycles. The van der Waals surface area contributed by atoms with Gasteiger partial charge in [-0.15, -0.1) is 0 Å². The molecule has 0 spiro atoms. The van der Waals surface area contributed by atoms with E-state index >= 15 is 0 Å². The second kappa shape index (κ2) is 7.25. The molecule has 0 aromatic heterocycles. The van der Waals surface area contributed by atoms with Crippen LogP contribution in [0.2, 0.25) is 0 Å². The minimum atomic E-state index is 0.562. The van der Waals surface area contributed by atoms with Crippen molar-refractivity contribution >= 4 is 0 Å². The van der Waals surface area contributed by atoms with Gasteiger partial charge < -0.3 is 15.0 Å². The van der Waals surface area contributed by atoms with Gasteiger partial charge in [0.05, 0.1) is 13.2 Å². The van der Waals surface area contributed by atoms with Crippen LogP contribution in [0.1, 0.15) is 33.6 Å². The van der Waals surface area contributed by atoms with Crippen LogP contribution in [-0.4, -0.2) is 50.3 Å². The van der Waals surface area contributed by atoms with E-state index < -0.39 is 0 Å². The van der Waals surface area contributed by atoms with Gasteiger partial charge in [-0.3, -0.25) is 0 Å². The van der Waals surface area contributed by atoms with E-state index in [1.807, 2.05) is 0 Å². The van der Waals surface area contributed by atoms with Crippen LogP contribution in [-0.2, 0) is 4.74 Å². The van der Waals surface area contributed by atoms with Gasteiger partial charge in [-0.25, -0.2) is 0 Å². The van der Waals surface area contributed by atoms with Crippen molar-refractivity contribution in [2.45, 2.75) is 45.7 Å². The highest BCUT2D eigenvalue weighted by Gasteiger charge is 2.29. The Balaban J connectivity index is 2.34. The summed E-state index contributed by atoms with van der Waals surface area (Å²) in [5.74, 6) is 0.658. The van der Waals surface area contributed by atoms with E-state index in [1.54, 1.807) is 0 Å². The lowest BCUT2D eigenvalue weighted by molar-refractivity contribution is 0.162. The SMILES string of the molecule is CCCNC1COCC1CN(C)C(C)CC. The van der Waals surface area contributed by atoms with Crippen molar-refractivity contribution in [2.75, 3.05) is 33.4 Å². The zero-order chi connectivity index (χ0) is 12.0. The molecule has 0 aliphatic carbocycles. The first-order valence-electron chi connectivity index (χ1n) is 6.70. The van der Waals surface area contributed by atoms with Gasteiger partial charge in [0.1, 0.15) is 0 Å². The average Bonchev–Trinajstić information content (AvgIpc) is 2.72. The van der Waals surface area contributed by atoms with Crippen molar-refractivity contribution in [2.24, 2.45) is 5.92 Å². The quantitative estimate of drug-likeness (QED) is 0.718. The highest BCUT2D eigenvalue weighted by molar-refractivity contribution is 4.83. The van der Waals surface area contributed by atoms with Gasteiger partial charge in [0.2, 0.25) is 0 Å². The molecular formula is C13H28N2O. The summed E-state index contributed by atoms with van der Waals surface area (Å²) in [4.78, 5) is 2.46. The van der Waals surface area contributed by atoms with Crippen LogP contribution < -0.4 is 5.32 Å².